The van der Waals surface area contributed by atoms with E-state index in [9.17, 15) is 4.79 Å². The molecule has 0 aromatic heterocycles. The average Bonchev–Trinajstić information content (AvgIpc) is 2.68. The maximum absolute atomic E-state index is 12.3. The molecular weight excluding hydrogens is 392 g/mol. The Morgan fingerprint density at radius 2 is 1.85 bits per heavy atom. The topological polar surface area (TPSA) is 32.8 Å². The maximum atomic E-state index is 12.3. The molecule has 1 amide bonds. The van der Waals surface area contributed by atoms with Gasteiger partial charge >= 0.3 is 0 Å². The number of hydrogen-bond acceptors (Lipinski definition) is 3. The van der Waals surface area contributed by atoms with E-state index in [-0.39, 0.29) is 5.91 Å². The van der Waals surface area contributed by atoms with Crippen molar-refractivity contribution in [2.75, 3.05) is 38.3 Å². The fraction of sp³-hybridized carbons (Fsp3) is 0.286. The maximum Gasteiger partial charge on any atom is 0.246 e. The fourth-order valence-electron chi connectivity index (χ4n) is 2.88. The van der Waals surface area contributed by atoms with Gasteiger partial charge < -0.3 is 14.5 Å². The number of nitrogens with zero attached hydrogens (tertiary/aromatic N) is 2. The predicted octanol–water partition coefficient (Wildman–Crippen LogP) is 3.96. The number of rotatable bonds is 5. The van der Waals surface area contributed by atoms with Crippen LogP contribution in [0, 0.1) is 0 Å². The van der Waals surface area contributed by atoms with Crippen LogP contribution in [-0.4, -0.2) is 44.2 Å². The van der Waals surface area contributed by atoms with E-state index in [1.165, 1.54) is 5.69 Å². The monoisotopic (exact) mass is 414 g/mol. The molecule has 5 heteroatoms. The Bertz CT molecular complexity index is 768. The minimum atomic E-state index is -0.0157. The van der Waals surface area contributed by atoms with Gasteiger partial charge in [-0.1, -0.05) is 46.3 Å². The van der Waals surface area contributed by atoms with Crippen LogP contribution in [0.15, 0.2) is 59.1 Å². The molecule has 0 unspecified atom stereocenters. The van der Waals surface area contributed by atoms with Gasteiger partial charge in [0.25, 0.3) is 0 Å². The second-order valence-electron chi connectivity index (χ2n) is 6.32. The van der Waals surface area contributed by atoms with Crippen molar-refractivity contribution < 1.29 is 9.53 Å². The third-order valence-electron chi connectivity index (χ3n) is 4.42. The van der Waals surface area contributed by atoms with Gasteiger partial charge in [0.05, 0.1) is 13.2 Å². The van der Waals surface area contributed by atoms with Crippen molar-refractivity contribution in [1.82, 2.24) is 4.90 Å². The highest BCUT2D eigenvalue weighted by Gasteiger charge is 2.11. The molecule has 0 spiro atoms. The van der Waals surface area contributed by atoms with Crippen LogP contribution in [0.1, 0.15) is 11.1 Å². The average molecular weight is 415 g/mol. The van der Waals surface area contributed by atoms with E-state index >= 15 is 0 Å². The molecule has 3 rings (SSSR count). The molecule has 0 aliphatic carbocycles. The zero-order chi connectivity index (χ0) is 18.4. The van der Waals surface area contributed by atoms with Crippen LogP contribution in [0.25, 0.3) is 6.08 Å². The summed E-state index contributed by atoms with van der Waals surface area (Å²) < 4.78 is 6.37. The molecule has 0 bridgehead atoms. The van der Waals surface area contributed by atoms with Crippen molar-refractivity contribution in [3.63, 3.8) is 0 Å². The predicted molar refractivity (Wildman–Crippen MR) is 109 cm³/mol. The summed E-state index contributed by atoms with van der Waals surface area (Å²) >= 11 is 3.49. The lowest BCUT2D eigenvalue weighted by Gasteiger charge is -2.29. The van der Waals surface area contributed by atoms with E-state index in [0.29, 0.717) is 6.54 Å². The Hall–Kier alpha value is -2.11. The van der Waals surface area contributed by atoms with Gasteiger partial charge in [-0.25, -0.2) is 0 Å². The molecule has 26 heavy (non-hydrogen) atoms. The zero-order valence-electron chi connectivity index (χ0n) is 14.9. The summed E-state index contributed by atoms with van der Waals surface area (Å²) in [5.41, 5.74) is 3.32. The molecule has 1 saturated heterocycles. The Balaban J connectivity index is 1.57. The van der Waals surface area contributed by atoms with Crippen LogP contribution in [-0.2, 0) is 16.1 Å². The summed E-state index contributed by atoms with van der Waals surface area (Å²) in [6.45, 7) is 4.00. The van der Waals surface area contributed by atoms with Gasteiger partial charge in [-0.3, -0.25) is 4.79 Å². The standard InChI is InChI=1S/C21H23BrN2O2/c1-23(21(25)11-8-18-4-2-3-5-20(18)22)16-17-6-9-19(10-7-17)24-12-14-26-15-13-24/h2-11H,12-16H2,1H3/b11-8+. The lowest BCUT2D eigenvalue weighted by Crippen LogP contribution is -2.36. The highest BCUT2D eigenvalue weighted by atomic mass is 79.9. The van der Waals surface area contributed by atoms with Gasteiger partial charge in [-0.15, -0.1) is 0 Å². The second kappa shape index (κ2) is 9.01. The zero-order valence-corrected chi connectivity index (χ0v) is 16.5. The minimum Gasteiger partial charge on any atom is -0.378 e. The van der Waals surface area contributed by atoms with Crippen molar-refractivity contribution in [3.05, 3.63) is 70.2 Å². The summed E-state index contributed by atoms with van der Waals surface area (Å²) in [4.78, 5) is 16.4. The number of likely N-dealkylation sites (N-methyl/N-ethyl adjacent to an activating group) is 1. The largest absolute Gasteiger partial charge is 0.378 e. The fourth-order valence-corrected chi connectivity index (χ4v) is 3.30. The van der Waals surface area contributed by atoms with Crippen LogP contribution in [0.2, 0.25) is 0 Å². The van der Waals surface area contributed by atoms with Gasteiger partial charge in [-0.05, 0) is 35.4 Å². The lowest BCUT2D eigenvalue weighted by atomic mass is 10.1. The van der Waals surface area contributed by atoms with Crippen molar-refractivity contribution in [1.29, 1.82) is 0 Å². The van der Waals surface area contributed by atoms with Gasteiger partial charge in [0.2, 0.25) is 5.91 Å². The smallest absolute Gasteiger partial charge is 0.246 e. The van der Waals surface area contributed by atoms with Gasteiger partial charge in [0.15, 0.2) is 0 Å². The first-order valence-corrected chi connectivity index (χ1v) is 9.52. The molecule has 1 fully saturated rings. The normalized spacial score (nSPS) is 14.6. The van der Waals surface area contributed by atoms with E-state index in [1.54, 1.807) is 11.0 Å². The first-order valence-electron chi connectivity index (χ1n) is 8.73. The molecule has 1 aliphatic rings. The molecule has 1 aliphatic heterocycles. The van der Waals surface area contributed by atoms with Gasteiger partial charge in [0, 0.05) is 42.9 Å². The highest BCUT2D eigenvalue weighted by Crippen LogP contribution is 2.19. The van der Waals surface area contributed by atoms with Crippen molar-refractivity contribution in [2.45, 2.75) is 6.54 Å². The number of benzene rings is 2. The molecule has 2 aromatic carbocycles. The number of morpholine rings is 1. The lowest BCUT2D eigenvalue weighted by molar-refractivity contribution is -0.125. The molecule has 2 aromatic rings. The summed E-state index contributed by atoms with van der Waals surface area (Å²) in [6.07, 6.45) is 3.45. The van der Waals surface area contributed by atoms with Crippen LogP contribution < -0.4 is 4.90 Å². The molecular formula is C21H23BrN2O2. The van der Waals surface area contributed by atoms with E-state index in [2.05, 4.69) is 45.1 Å². The summed E-state index contributed by atoms with van der Waals surface area (Å²) in [5, 5.41) is 0. The van der Waals surface area contributed by atoms with E-state index in [0.717, 1.165) is 41.9 Å². The third kappa shape index (κ3) is 4.96. The summed E-state index contributed by atoms with van der Waals surface area (Å²) in [5.74, 6) is -0.0157. The number of ether oxygens (including phenoxy) is 1. The van der Waals surface area contributed by atoms with Crippen molar-refractivity contribution in [2.24, 2.45) is 0 Å². The Morgan fingerprint density at radius 3 is 2.54 bits per heavy atom. The SMILES string of the molecule is CN(Cc1ccc(N2CCOCC2)cc1)C(=O)/C=C/c1ccccc1Br. The Labute approximate surface area is 163 Å². The number of halogens is 1. The molecule has 0 N–H and O–H groups in total. The van der Waals surface area contributed by atoms with Crippen LogP contribution in [0.3, 0.4) is 0 Å². The van der Waals surface area contributed by atoms with E-state index < -0.39 is 0 Å². The van der Waals surface area contributed by atoms with Crippen molar-refractivity contribution >= 4 is 33.6 Å². The molecule has 136 valence electrons. The molecule has 1 heterocycles. The number of carbonyl (C=O) groups is 1. The molecule has 0 saturated carbocycles. The van der Waals surface area contributed by atoms with Crippen LogP contribution in [0.5, 0.6) is 0 Å². The van der Waals surface area contributed by atoms with Crippen LogP contribution >= 0.6 is 15.9 Å². The van der Waals surface area contributed by atoms with Gasteiger partial charge in [0.1, 0.15) is 0 Å². The van der Waals surface area contributed by atoms with Crippen LogP contribution in [0.4, 0.5) is 5.69 Å². The highest BCUT2D eigenvalue weighted by molar-refractivity contribution is 9.10. The second-order valence-corrected chi connectivity index (χ2v) is 7.17. The Morgan fingerprint density at radius 1 is 1.15 bits per heavy atom. The summed E-state index contributed by atoms with van der Waals surface area (Å²) in [6, 6.07) is 16.3. The number of carbonyl (C=O) groups excluding carboxylic acids is 1. The number of amides is 1. The van der Waals surface area contributed by atoms with E-state index in [4.69, 9.17) is 4.74 Å². The van der Waals surface area contributed by atoms with E-state index in [1.807, 2.05) is 37.4 Å². The third-order valence-corrected chi connectivity index (χ3v) is 5.14. The van der Waals surface area contributed by atoms with Gasteiger partial charge in [-0.2, -0.15) is 0 Å². The number of anilines is 1. The Kier molecular flexibility index (Phi) is 6.47. The minimum absolute atomic E-state index is 0.0157. The molecule has 0 radical (unpaired) electrons. The quantitative estimate of drug-likeness (QED) is 0.694. The molecule has 4 nitrogen and oxygen atoms in total. The number of hydrogen-bond donors (Lipinski definition) is 0. The van der Waals surface area contributed by atoms with Crippen molar-refractivity contribution in [3.8, 4) is 0 Å². The molecule has 0 atom stereocenters. The first-order chi connectivity index (χ1) is 12.6. The summed E-state index contributed by atoms with van der Waals surface area (Å²) in [7, 11) is 1.82. The first kappa shape index (κ1) is 18.7.